The maximum Gasteiger partial charge on any atom is 0.318 e. The third kappa shape index (κ3) is 3.60. The van der Waals surface area contributed by atoms with Gasteiger partial charge in [-0.3, -0.25) is 0 Å². The van der Waals surface area contributed by atoms with Gasteiger partial charge in [0.25, 0.3) is 0 Å². The molecule has 1 atom stereocenters. The van der Waals surface area contributed by atoms with Crippen molar-refractivity contribution in [3.05, 3.63) is 23.9 Å². The average molecular weight is 307 g/mol. The molecule has 0 aliphatic rings. The van der Waals surface area contributed by atoms with Gasteiger partial charge in [-0.25, -0.2) is 4.79 Å². The third-order valence-corrected chi connectivity index (χ3v) is 3.30. The van der Waals surface area contributed by atoms with Crippen LogP contribution in [0.25, 0.3) is 0 Å². The summed E-state index contributed by atoms with van der Waals surface area (Å²) in [6.07, 6.45) is 2.30. The largest absolute Gasteiger partial charge is 0.337 e. The van der Waals surface area contributed by atoms with Gasteiger partial charge in [-0.1, -0.05) is 12.1 Å². The second-order valence-electron chi connectivity index (χ2n) is 4.94. The highest BCUT2D eigenvalue weighted by Crippen LogP contribution is 2.09. The molecule has 0 bridgehead atoms. The zero-order chi connectivity index (χ0) is 16.1. The molecule has 2 aromatic rings. The molecule has 0 saturated carbocycles. The number of carbonyl (C=O) groups is 1. The zero-order valence-corrected chi connectivity index (χ0v) is 13.3. The Morgan fingerprint density at radius 3 is 2.82 bits per heavy atom. The molecule has 2 aromatic heterocycles. The summed E-state index contributed by atoms with van der Waals surface area (Å²) in [7, 11) is 1.83. The minimum absolute atomic E-state index is 0.214. The molecule has 2 rings (SSSR count). The SMILES string of the molecule is CCc1noc(CN(CC)C(=O)N[C@@H](C)c2nncn2C)n1. The normalized spacial score (nSPS) is 12.2. The van der Waals surface area contributed by atoms with E-state index in [4.69, 9.17) is 4.52 Å². The first-order valence-corrected chi connectivity index (χ1v) is 7.25. The zero-order valence-electron chi connectivity index (χ0n) is 13.3. The molecule has 0 unspecified atom stereocenters. The van der Waals surface area contributed by atoms with Crippen LogP contribution in [0.15, 0.2) is 10.9 Å². The predicted molar refractivity (Wildman–Crippen MR) is 77.7 cm³/mol. The van der Waals surface area contributed by atoms with Crippen molar-refractivity contribution in [2.45, 2.75) is 39.8 Å². The van der Waals surface area contributed by atoms with Gasteiger partial charge >= 0.3 is 6.03 Å². The minimum Gasteiger partial charge on any atom is -0.337 e. The van der Waals surface area contributed by atoms with Crippen molar-refractivity contribution in [2.75, 3.05) is 6.54 Å². The number of aromatic nitrogens is 5. The molecule has 0 aliphatic heterocycles. The average Bonchev–Trinajstić information content (AvgIpc) is 3.12. The lowest BCUT2D eigenvalue weighted by Crippen LogP contribution is -2.41. The monoisotopic (exact) mass is 307 g/mol. The number of nitrogens with zero attached hydrogens (tertiary/aromatic N) is 6. The molecule has 2 amide bonds. The number of hydrogen-bond donors (Lipinski definition) is 1. The second kappa shape index (κ2) is 7.01. The summed E-state index contributed by atoms with van der Waals surface area (Å²) in [5.41, 5.74) is 0. The van der Waals surface area contributed by atoms with Gasteiger partial charge < -0.3 is 19.3 Å². The summed E-state index contributed by atoms with van der Waals surface area (Å²) in [4.78, 5) is 18.2. The van der Waals surface area contributed by atoms with Crippen LogP contribution in [0.3, 0.4) is 0 Å². The molecule has 0 radical (unpaired) electrons. The van der Waals surface area contributed by atoms with Crippen molar-refractivity contribution in [3.63, 3.8) is 0 Å². The quantitative estimate of drug-likeness (QED) is 0.856. The first kappa shape index (κ1) is 15.9. The van der Waals surface area contributed by atoms with Gasteiger partial charge in [0, 0.05) is 20.0 Å². The second-order valence-corrected chi connectivity index (χ2v) is 4.94. The number of nitrogens with one attached hydrogen (secondary N) is 1. The van der Waals surface area contributed by atoms with E-state index in [2.05, 4.69) is 25.7 Å². The van der Waals surface area contributed by atoms with Crippen molar-refractivity contribution >= 4 is 6.03 Å². The molecule has 9 nitrogen and oxygen atoms in total. The highest BCUT2D eigenvalue weighted by atomic mass is 16.5. The Labute approximate surface area is 128 Å². The van der Waals surface area contributed by atoms with Crippen LogP contribution in [0.1, 0.15) is 44.4 Å². The van der Waals surface area contributed by atoms with E-state index in [1.165, 1.54) is 0 Å². The van der Waals surface area contributed by atoms with E-state index in [-0.39, 0.29) is 18.6 Å². The van der Waals surface area contributed by atoms with Gasteiger partial charge in [0.05, 0.1) is 6.04 Å². The van der Waals surface area contributed by atoms with Crippen LogP contribution in [0.5, 0.6) is 0 Å². The van der Waals surface area contributed by atoms with Gasteiger partial charge in [-0.2, -0.15) is 4.98 Å². The lowest BCUT2D eigenvalue weighted by Gasteiger charge is -2.22. The molecular weight excluding hydrogens is 286 g/mol. The number of hydrogen-bond acceptors (Lipinski definition) is 6. The summed E-state index contributed by atoms with van der Waals surface area (Å²) in [5.74, 6) is 1.76. The van der Waals surface area contributed by atoms with Crippen LogP contribution in [0, 0.1) is 0 Å². The molecule has 2 heterocycles. The molecule has 0 spiro atoms. The molecule has 9 heteroatoms. The fourth-order valence-electron chi connectivity index (χ4n) is 2.01. The van der Waals surface area contributed by atoms with E-state index in [1.54, 1.807) is 15.8 Å². The highest BCUT2D eigenvalue weighted by molar-refractivity contribution is 5.74. The Bertz CT molecular complexity index is 621. The summed E-state index contributed by atoms with van der Waals surface area (Å²) >= 11 is 0. The third-order valence-electron chi connectivity index (χ3n) is 3.30. The van der Waals surface area contributed by atoms with Crippen molar-refractivity contribution < 1.29 is 9.32 Å². The van der Waals surface area contributed by atoms with Crippen LogP contribution < -0.4 is 5.32 Å². The summed E-state index contributed by atoms with van der Waals surface area (Å²) in [6.45, 7) is 6.50. The maximum absolute atomic E-state index is 12.3. The Balaban J connectivity index is 1.98. The van der Waals surface area contributed by atoms with Gasteiger partial charge in [0.1, 0.15) is 12.9 Å². The number of rotatable bonds is 6. The molecule has 120 valence electrons. The molecular formula is C13H21N7O2. The van der Waals surface area contributed by atoms with Crippen LogP contribution in [-0.2, 0) is 20.0 Å². The number of urea groups is 1. The fourth-order valence-corrected chi connectivity index (χ4v) is 2.01. The lowest BCUT2D eigenvalue weighted by molar-refractivity contribution is 0.186. The van der Waals surface area contributed by atoms with Gasteiger partial charge in [0.2, 0.25) is 5.89 Å². The maximum atomic E-state index is 12.3. The minimum atomic E-state index is -0.247. The van der Waals surface area contributed by atoms with E-state index in [1.807, 2.05) is 27.8 Å². The highest BCUT2D eigenvalue weighted by Gasteiger charge is 2.20. The van der Waals surface area contributed by atoms with E-state index >= 15 is 0 Å². The molecule has 1 N–H and O–H groups in total. The Hall–Kier alpha value is -2.45. The molecule has 22 heavy (non-hydrogen) atoms. The Morgan fingerprint density at radius 2 is 2.27 bits per heavy atom. The van der Waals surface area contributed by atoms with Crippen LogP contribution in [-0.4, -0.2) is 42.4 Å². The van der Waals surface area contributed by atoms with Gasteiger partial charge in [0.15, 0.2) is 11.6 Å². The van der Waals surface area contributed by atoms with Crippen molar-refractivity contribution in [3.8, 4) is 0 Å². The van der Waals surface area contributed by atoms with Crippen molar-refractivity contribution in [1.82, 2.24) is 35.1 Å². The smallest absolute Gasteiger partial charge is 0.318 e. The van der Waals surface area contributed by atoms with E-state index < -0.39 is 0 Å². The standard InChI is InChI=1S/C13H21N7O2/c1-5-10-16-11(22-18-10)7-20(6-2)13(21)15-9(3)12-17-14-8-19(12)4/h8-9H,5-7H2,1-4H3,(H,15,21)/t9-/m0/s1. The Kier molecular flexibility index (Phi) is 5.08. The van der Waals surface area contributed by atoms with Crippen molar-refractivity contribution in [2.24, 2.45) is 7.05 Å². The van der Waals surface area contributed by atoms with E-state index in [9.17, 15) is 4.79 Å². The molecule has 0 saturated heterocycles. The molecule has 0 aliphatic carbocycles. The summed E-state index contributed by atoms with van der Waals surface area (Å²) < 4.78 is 6.90. The van der Waals surface area contributed by atoms with E-state index in [0.29, 0.717) is 30.5 Å². The van der Waals surface area contributed by atoms with Gasteiger partial charge in [-0.15, -0.1) is 10.2 Å². The van der Waals surface area contributed by atoms with Gasteiger partial charge in [-0.05, 0) is 13.8 Å². The summed E-state index contributed by atoms with van der Waals surface area (Å²) in [6, 6.07) is -0.461. The number of aryl methyl sites for hydroxylation is 2. The van der Waals surface area contributed by atoms with Crippen LogP contribution in [0.2, 0.25) is 0 Å². The van der Waals surface area contributed by atoms with E-state index in [0.717, 1.165) is 0 Å². The first-order chi connectivity index (χ1) is 10.5. The number of carbonyl (C=O) groups excluding carboxylic acids is 1. The topological polar surface area (TPSA) is 102 Å². The Morgan fingerprint density at radius 1 is 1.50 bits per heavy atom. The molecule has 0 aromatic carbocycles. The lowest BCUT2D eigenvalue weighted by atomic mass is 10.3. The predicted octanol–water partition coefficient (Wildman–Crippen LogP) is 1.05. The first-order valence-electron chi connectivity index (χ1n) is 7.25. The summed E-state index contributed by atoms with van der Waals surface area (Å²) in [5, 5.41) is 14.5. The van der Waals surface area contributed by atoms with Crippen molar-refractivity contribution in [1.29, 1.82) is 0 Å². The van der Waals surface area contributed by atoms with Crippen LogP contribution in [0.4, 0.5) is 4.79 Å². The number of amides is 2. The fraction of sp³-hybridized carbons (Fsp3) is 0.615. The molecule has 0 fully saturated rings. The van der Waals surface area contributed by atoms with Crippen LogP contribution >= 0.6 is 0 Å².